The van der Waals surface area contributed by atoms with Crippen LogP contribution in [0.15, 0.2) is 29.3 Å². The summed E-state index contributed by atoms with van der Waals surface area (Å²) in [6, 6.07) is 7.92. The Hall–Kier alpha value is -2.81. The lowest BCUT2D eigenvalue weighted by Gasteiger charge is -2.32. The average molecular weight is 402 g/mol. The molecule has 1 saturated heterocycles. The van der Waals surface area contributed by atoms with Crippen molar-refractivity contribution in [3.05, 3.63) is 24.3 Å². The van der Waals surface area contributed by atoms with Gasteiger partial charge in [0.2, 0.25) is 5.91 Å². The molecule has 0 aliphatic carbocycles. The number of amides is 2. The molecule has 0 atom stereocenters. The maximum absolute atomic E-state index is 12.2. The summed E-state index contributed by atoms with van der Waals surface area (Å²) in [6.07, 6.45) is 2.66. The van der Waals surface area contributed by atoms with Crippen LogP contribution in [-0.2, 0) is 9.59 Å². The molecular formula is C20H30N6O3. The van der Waals surface area contributed by atoms with Gasteiger partial charge < -0.3 is 26.0 Å². The van der Waals surface area contributed by atoms with Gasteiger partial charge in [-0.2, -0.15) is 0 Å². The van der Waals surface area contributed by atoms with Crippen LogP contribution in [0.4, 0.5) is 5.69 Å². The number of hydrogen-bond donors (Lipinski definition) is 3. The number of aliphatic imine (C=N–C) groups is 1. The number of para-hydroxylation sites is 2. The number of nitrogens with two attached hydrogens (primary N) is 1. The highest BCUT2D eigenvalue weighted by Gasteiger charge is 2.24. The maximum Gasteiger partial charge on any atom is 0.265 e. The van der Waals surface area contributed by atoms with Crippen molar-refractivity contribution in [3.63, 3.8) is 0 Å². The Bertz CT molecular complexity index is 745. The van der Waals surface area contributed by atoms with Gasteiger partial charge >= 0.3 is 0 Å². The molecule has 0 bridgehead atoms. The molecule has 1 fully saturated rings. The van der Waals surface area contributed by atoms with Gasteiger partial charge in [-0.1, -0.05) is 12.1 Å². The van der Waals surface area contributed by atoms with Crippen molar-refractivity contribution in [1.29, 1.82) is 0 Å². The smallest absolute Gasteiger partial charge is 0.265 e. The number of guanidine groups is 1. The number of nitrogens with zero attached hydrogens (tertiary/aromatic N) is 3. The third kappa shape index (κ3) is 5.83. The zero-order chi connectivity index (χ0) is 20.6. The molecule has 9 heteroatoms. The van der Waals surface area contributed by atoms with E-state index in [0.29, 0.717) is 25.7 Å². The number of rotatable bonds is 7. The van der Waals surface area contributed by atoms with E-state index < -0.39 is 0 Å². The molecule has 2 aliphatic heterocycles. The van der Waals surface area contributed by atoms with Crippen LogP contribution < -0.4 is 26.0 Å². The predicted molar refractivity (Wildman–Crippen MR) is 112 cm³/mol. The van der Waals surface area contributed by atoms with Crippen molar-refractivity contribution in [2.45, 2.75) is 25.3 Å². The number of nitrogens with one attached hydrogen (secondary N) is 2. The Morgan fingerprint density at radius 2 is 2.07 bits per heavy atom. The normalized spacial score (nSPS) is 18.2. The molecule has 2 aliphatic rings. The van der Waals surface area contributed by atoms with Crippen LogP contribution >= 0.6 is 0 Å². The van der Waals surface area contributed by atoms with Gasteiger partial charge in [-0.05, 0) is 31.4 Å². The third-order valence-electron chi connectivity index (χ3n) is 5.19. The molecule has 9 nitrogen and oxygen atoms in total. The number of piperidine rings is 1. The first kappa shape index (κ1) is 20.9. The van der Waals surface area contributed by atoms with E-state index in [4.69, 9.17) is 10.5 Å². The summed E-state index contributed by atoms with van der Waals surface area (Å²) in [6.45, 7) is 3.42. The van der Waals surface area contributed by atoms with Crippen LogP contribution in [-0.4, -0.2) is 75.1 Å². The summed E-state index contributed by atoms with van der Waals surface area (Å²) in [7, 11) is 1.75. The molecule has 29 heavy (non-hydrogen) atoms. The minimum atomic E-state index is -0.282. The van der Waals surface area contributed by atoms with Gasteiger partial charge in [-0.3, -0.25) is 19.5 Å². The molecule has 0 aromatic heterocycles. The molecule has 1 aromatic carbocycles. The monoisotopic (exact) mass is 402 g/mol. The van der Waals surface area contributed by atoms with E-state index in [2.05, 4.69) is 20.5 Å². The lowest BCUT2D eigenvalue weighted by atomic mass is 10.1. The Kier molecular flexibility index (Phi) is 7.29. The van der Waals surface area contributed by atoms with E-state index >= 15 is 0 Å². The van der Waals surface area contributed by atoms with Crippen LogP contribution in [0.2, 0.25) is 0 Å². The minimum absolute atomic E-state index is 0.0195. The fourth-order valence-corrected chi connectivity index (χ4v) is 3.69. The van der Waals surface area contributed by atoms with Crippen LogP contribution in [0.3, 0.4) is 0 Å². The number of hydrogen-bond acceptors (Lipinski definition) is 5. The molecule has 4 N–H and O–H groups in total. The number of likely N-dealkylation sites (tertiary alicyclic amines) is 1. The van der Waals surface area contributed by atoms with Gasteiger partial charge in [0.25, 0.3) is 5.91 Å². The summed E-state index contributed by atoms with van der Waals surface area (Å²) in [5.41, 5.74) is 6.09. The quantitative estimate of drug-likeness (QED) is 0.334. The number of carbonyl (C=O) groups excluding carboxylic acids is 2. The number of primary amides is 1. The minimum Gasteiger partial charge on any atom is -0.482 e. The van der Waals surface area contributed by atoms with E-state index in [-0.39, 0.29) is 18.4 Å². The van der Waals surface area contributed by atoms with Crippen LogP contribution in [0.5, 0.6) is 5.75 Å². The number of ether oxygens (including phenoxy) is 1. The Morgan fingerprint density at radius 1 is 1.31 bits per heavy atom. The van der Waals surface area contributed by atoms with E-state index in [9.17, 15) is 9.59 Å². The number of anilines is 1. The Morgan fingerprint density at radius 3 is 2.79 bits per heavy atom. The second kappa shape index (κ2) is 10.1. The zero-order valence-electron chi connectivity index (χ0n) is 16.9. The highest BCUT2D eigenvalue weighted by atomic mass is 16.5. The molecular weight excluding hydrogens is 372 g/mol. The van der Waals surface area contributed by atoms with E-state index in [0.717, 1.165) is 49.7 Å². The van der Waals surface area contributed by atoms with Gasteiger partial charge in [0.15, 0.2) is 12.6 Å². The van der Waals surface area contributed by atoms with Crippen molar-refractivity contribution in [2.24, 2.45) is 10.7 Å². The standard InChI is InChI=1S/C20H30N6O3/c1-22-20(24-15-7-11-25(12-8-15)13-18(21)27)23-9-4-10-26-16-5-2-3-6-17(16)29-14-19(26)28/h2-3,5-6,15H,4,7-14H2,1H3,(H2,21,27)(H2,22,23,24). The summed E-state index contributed by atoms with van der Waals surface area (Å²) < 4.78 is 5.48. The van der Waals surface area contributed by atoms with Crippen molar-refractivity contribution in [2.75, 3.05) is 51.3 Å². The number of fused-ring (bicyclic) bond motifs is 1. The van der Waals surface area contributed by atoms with Crippen molar-refractivity contribution in [1.82, 2.24) is 15.5 Å². The predicted octanol–water partition coefficient (Wildman–Crippen LogP) is -0.0832. The van der Waals surface area contributed by atoms with Gasteiger partial charge in [0.05, 0.1) is 12.2 Å². The number of benzene rings is 1. The van der Waals surface area contributed by atoms with Gasteiger partial charge in [0, 0.05) is 39.3 Å². The molecule has 0 unspecified atom stereocenters. The van der Waals surface area contributed by atoms with Crippen LogP contribution in [0.25, 0.3) is 0 Å². The SMILES string of the molecule is CN=C(NCCCN1C(=O)COc2ccccc21)NC1CCN(CC(N)=O)CC1. The molecule has 158 valence electrons. The summed E-state index contributed by atoms with van der Waals surface area (Å²) in [5.74, 6) is 1.21. The average Bonchev–Trinajstić information content (AvgIpc) is 2.72. The third-order valence-corrected chi connectivity index (χ3v) is 5.19. The van der Waals surface area contributed by atoms with E-state index in [1.54, 1.807) is 11.9 Å². The highest BCUT2D eigenvalue weighted by Crippen LogP contribution is 2.31. The van der Waals surface area contributed by atoms with E-state index in [1.165, 1.54) is 0 Å². The van der Waals surface area contributed by atoms with Crippen LogP contribution in [0, 0.1) is 0 Å². The first-order valence-electron chi connectivity index (χ1n) is 10.1. The molecule has 2 amide bonds. The van der Waals surface area contributed by atoms with Crippen molar-refractivity contribution in [3.8, 4) is 5.75 Å². The number of carbonyl (C=O) groups is 2. The molecule has 3 rings (SSSR count). The summed E-state index contributed by atoms with van der Waals surface area (Å²) in [4.78, 5) is 31.4. The maximum atomic E-state index is 12.2. The first-order chi connectivity index (χ1) is 14.1. The van der Waals surface area contributed by atoms with Crippen molar-refractivity contribution >= 4 is 23.5 Å². The second-order valence-corrected chi connectivity index (χ2v) is 7.32. The largest absolute Gasteiger partial charge is 0.482 e. The second-order valence-electron chi connectivity index (χ2n) is 7.32. The highest BCUT2D eigenvalue weighted by molar-refractivity contribution is 5.97. The van der Waals surface area contributed by atoms with Gasteiger partial charge in [-0.15, -0.1) is 0 Å². The van der Waals surface area contributed by atoms with E-state index in [1.807, 2.05) is 24.3 Å². The lowest BCUT2D eigenvalue weighted by molar-refractivity contribution is -0.121. The lowest BCUT2D eigenvalue weighted by Crippen LogP contribution is -2.50. The summed E-state index contributed by atoms with van der Waals surface area (Å²) in [5, 5.41) is 6.76. The Balaban J connectivity index is 1.40. The molecule has 0 radical (unpaired) electrons. The zero-order valence-corrected chi connectivity index (χ0v) is 16.9. The van der Waals surface area contributed by atoms with Gasteiger partial charge in [-0.25, -0.2) is 0 Å². The molecule has 1 aromatic rings. The topological polar surface area (TPSA) is 112 Å². The molecule has 0 spiro atoms. The van der Waals surface area contributed by atoms with Crippen molar-refractivity contribution < 1.29 is 14.3 Å². The van der Waals surface area contributed by atoms with Gasteiger partial charge in [0.1, 0.15) is 5.75 Å². The van der Waals surface area contributed by atoms with Crippen LogP contribution in [0.1, 0.15) is 19.3 Å². The first-order valence-corrected chi connectivity index (χ1v) is 10.1. The fourth-order valence-electron chi connectivity index (χ4n) is 3.69. The Labute approximate surface area is 171 Å². The fraction of sp³-hybridized carbons (Fsp3) is 0.550. The molecule has 0 saturated carbocycles. The summed E-state index contributed by atoms with van der Waals surface area (Å²) >= 11 is 0. The molecule has 2 heterocycles.